The molecule has 0 spiro atoms. The zero-order valence-corrected chi connectivity index (χ0v) is 12.1. The minimum absolute atomic E-state index is 0.0192. The van der Waals surface area contributed by atoms with Crippen molar-refractivity contribution in [1.29, 1.82) is 0 Å². The molecule has 5 heteroatoms. The second kappa shape index (κ2) is 5.96. The van der Waals surface area contributed by atoms with Crippen molar-refractivity contribution in [2.75, 3.05) is 16.2 Å². The van der Waals surface area contributed by atoms with Crippen LogP contribution >= 0.6 is 0 Å². The van der Waals surface area contributed by atoms with Crippen molar-refractivity contribution >= 4 is 21.4 Å². The van der Waals surface area contributed by atoms with E-state index >= 15 is 0 Å². The van der Waals surface area contributed by atoms with Gasteiger partial charge in [0.2, 0.25) is 10.0 Å². The molecule has 0 radical (unpaired) electrons. The summed E-state index contributed by atoms with van der Waals surface area (Å²) in [4.78, 5) is 0. The van der Waals surface area contributed by atoms with Crippen LogP contribution in [-0.4, -0.2) is 14.2 Å². The predicted molar refractivity (Wildman–Crippen MR) is 83.1 cm³/mol. The molecular formula is C15H18N2O2S. The Balaban J connectivity index is 2.10. The summed E-state index contributed by atoms with van der Waals surface area (Å²) in [5, 5.41) is 0. The van der Waals surface area contributed by atoms with Crippen LogP contribution in [-0.2, 0) is 10.0 Å². The van der Waals surface area contributed by atoms with Gasteiger partial charge in [-0.05, 0) is 23.6 Å². The van der Waals surface area contributed by atoms with Crippen molar-refractivity contribution in [2.45, 2.75) is 12.8 Å². The quantitative estimate of drug-likeness (QED) is 0.832. The summed E-state index contributed by atoms with van der Waals surface area (Å²) in [7, 11) is -3.43. The average Bonchev–Trinajstić information content (AvgIpc) is 2.41. The highest BCUT2D eigenvalue weighted by Gasteiger charge is 2.17. The molecule has 106 valence electrons. The van der Waals surface area contributed by atoms with Crippen LogP contribution < -0.4 is 10.5 Å². The van der Waals surface area contributed by atoms with Crippen molar-refractivity contribution in [3.8, 4) is 0 Å². The van der Waals surface area contributed by atoms with Gasteiger partial charge in [0.25, 0.3) is 0 Å². The van der Waals surface area contributed by atoms with Crippen molar-refractivity contribution < 1.29 is 8.42 Å². The number of nitrogen functional groups attached to an aromatic ring is 1. The highest BCUT2D eigenvalue weighted by atomic mass is 32.2. The smallest absolute Gasteiger partial charge is 0.233 e. The van der Waals surface area contributed by atoms with Crippen LogP contribution in [0.15, 0.2) is 54.6 Å². The highest BCUT2D eigenvalue weighted by Crippen LogP contribution is 2.21. The van der Waals surface area contributed by atoms with Gasteiger partial charge in [-0.2, -0.15) is 0 Å². The standard InChI is InChI=1S/C15H18N2O2S/c1-12(13-7-3-2-4-8-13)11-20(18,19)17-15-10-6-5-9-14(15)16/h2-10,12,17H,11,16H2,1H3. The number of anilines is 2. The maximum atomic E-state index is 12.2. The number of rotatable bonds is 5. The monoisotopic (exact) mass is 290 g/mol. The fraction of sp³-hybridized carbons (Fsp3) is 0.200. The maximum absolute atomic E-state index is 12.2. The fourth-order valence-corrected chi connectivity index (χ4v) is 3.46. The first-order valence-corrected chi connectivity index (χ1v) is 8.03. The molecule has 4 nitrogen and oxygen atoms in total. The average molecular weight is 290 g/mol. The number of hydrogen-bond acceptors (Lipinski definition) is 3. The Bertz CT molecular complexity index is 669. The van der Waals surface area contributed by atoms with Gasteiger partial charge in [0.15, 0.2) is 0 Å². The summed E-state index contributed by atoms with van der Waals surface area (Å²) in [5.41, 5.74) is 7.59. The Hall–Kier alpha value is -2.01. The van der Waals surface area contributed by atoms with E-state index in [2.05, 4.69) is 4.72 Å². The van der Waals surface area contributed by atoms with E-state index < -0.39 is 10.0 Å². The number of hydrogen-bond donors (Lipinski definition) is 2. The molecule has 2 aromatic rings. The molecule has 0 amide bonds. The molecule has 0 fully saturated rings. The summed E-state index contributed by atoms with van der Waals surface area (Å²) < 4.78 is 26.9. The summed E-state index contributed by atoms with van der Waals surface area (Å²) in [6.45, 7) is 1.89. The van der Waals surface area contributed by atoms with E-state index in [-0.39, 0.29) is 11.7 Å². The second-order valence-electron chi connectivity index (χ2n) is 4.78. The van der Waals surface area contributed by atoms with Gasteiger partial charge >= 0.3 is 0 Å². The molecule has 0 aliphatic carbocycles. The lowest BCUT2D eigenvalue weighted by Gasteiger charge is -2.14. The first-order chi connectivity index (χ1) is 9.48. The van der Waals surface area contributed by atoms with Gasteiger partial charge in [0.05, 0.1) is 17.1 Å². The minimum Gasteiger partial charge on any atom is -0.397 e. The molecule has 0 saturated heterocycles. The first kappa shape index (κ1) is 14.4. The van der Waals surface area contributed by atoms with Crippen LogP contribution in [0, 0.1) is 0 Å². The van der Waals surface area contributed by atoms with Crippen LogP contribution in [0.2, 0.25) is 0 Å². The van der Waals surface area contributed by atoms with Crippen molar-refractivity contribution in [2.24, 2.45) is 0 Å². The van der Waals surface area contributed by atoms with Gasteiger partial charge in [0, 0.05) is 0 Å². The van der Waals surface area contributed by atoms with Crippen LogP contribution in [0.1, 0.15) is 18.4 Å². The zero-order chi connectivity index (χ0) is 14.6. The lowest BCUT2D eigenvalue weighted by molar-refractivity contribution is 0.596. The molecule has 0 bridgehead atoms. The molecule has 2 rings (SSSR count). The maximum Gasteiger partial charge on any atom is 0.233 e. The van der Waals surface area contributed by atoms with Gasteiger partial charge in [-0.25, -0.2) is 8.42 Å². The van der Waals surface area contributed by atoms with Gasteiger partial charge in [-0.3, -0.25) is 4.72 Å². The number of sulfonamides is 1. The topological polar surface area (TPSA) is 72.2 Å². The van der Waals surface area contributed by atoms with E-state index in [1.54, 1.807) is 24.3 Å². The van der Waals surface area contributed by atoms with Crippen molar-refractivity contribution in [3.63, 3.8) is 0 Å². The Morgan fingerprint density at radius 2 is 1.65 bits per heavy atom. The van der Waals surface area contributed by atoms with Crippen LogP contribution in [0.4, 0.5) is 11.4 Å². The van der Waals surface area contributed by atoms with E-state index in [9.17, 15) is 8.42 Å². The molecular weight excluding hydrogens is 272 g/mol. The number of para-hydroxylation sites is 2. The second-order valence-corrected chi connectivity index (χ2v) is 6.55. The highest BCUT2D eigenvalue weighted by molar-refractivity contribution is 7.92. The molecule has 20 heavy (non-hydrogen) atoms. The molecule has 0 aromatic heterocycles. The largest absolute Gasteiger partial charge is 0.397 e. The van der Waals surface area contributed by atoms with Crippen LogP contribution in [0.25, 0.3) is 0 Å². The van der Waals surface area contributed by atoms with Crippen LogP contribution in [0.5, 0.6) is 0 Å². The molecule has 0 saturated carbocycles. The molecule has 0 heterocycles. The van der Waals surface area contributed by atoms with E-state index in [0.717, 1.165) is 5.56 Å². The summed E-state index contributed by atoms with van der Waals surface area (Å²) in [6.07, 6.45) is 0. The zero-order valence-electron chi connectivity index (χ0n) is 11.3. The Kier molecular flexibility index (Phi) is 4.29. The molecule has 1 unspecified atom stereocenters. The third-order valence-electron chi connectivity index (χ3n) is 3.06. The number of nitrogens with one attached hydrogen (secondary N) is 1. The van der Waals surface area contributed by atoms with Gasteiger partial charge in [-0.1, -0.05) is 49.4 Å². The molecule has 2 aromatic carbocycles. The van der Waals surface area contributed by atoms with E-state index in [0.29, 0.717) is 11.4 Å². The normalized spacial score (nSPS) is 12.8. The lowest BCUT2D eigenvalue weighted by atomic mass is 10.0. The fourth-order valence-electron chi connectivity index (χ4n) is 2.01. The van der Waals surface area contributed by atoms with E-state index in [4.69, 9.17) is 5.73 Å². The Morgan fingerprint density at radius 1 is 1.05 bits per heavy atom. The lowest BCUT2D eigenvalue weighted by Crippen LogP contribution is -2.21. The summed E-state index contributed by atoms with van der Waals surface area (Å²) in [6, 6.07) is 16.4. The molecule has 0 aliphatic heterocycles. The van der Waals surface area contributed by atoms with Gasteiger partial charge in [-0.15, -0.1) is 0 Å². The number of benzene rings is 2. The third-order valence-corrected chi connectivity index (χ3v) is 4.53. The third kappa shape index (κ3) is 3.74. The predicted octanol–water partition coefficient (Wildman–Crippen LogP) is 2.81. The molecule has 3 N–H and O–H groups in total. The van der Waals surface area contributed by atoms with Crippen LogP contribution in [0.3, 0.4) is 0 Å². The SMILES string of the molecule is CC(CS(=O)(=O)Nc1ccccc1N)c1ccccc1. The summed E-state index contributed by atoms with van der Waals surface area (Å²) in [5.74, 6) is -0.0654. The minimum atomic E-state index is -3.43. The van der Waals surface area contributed by atoms with Crippen molar-refractivity contribution in [1.82, 2.24) is 0 Å². The Labute approximate surface area is 119 Å². The van der Waals surface area contributed by atoms with E-state index in [1.165, 1.54) is 0 Å². The van der Waals surface area contributed by atoms with Gasteiger partial charge in [0.1, 0.15) is 0 Å². The molecule has 0 aliphatic rings. The first-order valence-electron chi connectivity index (χ1n) is 6.38. The number of nitrogens with two attached hydrogens (primary N) is 1. The summed E-state index contributed by atoms with van der Waals surface area (Å²) >= 11 is 0. The molecule has 1 atom stereocenters. The van der Waals surface area contributed by atoms with Crippen molar-refractivity contribution in [3.05, 3.63) is 60.2 Å². The van der Waals surface area contributed by atoms with Gasteiger partial charge < -0.3 is 5.73 Å². The Morgan fingerprint density at radius 3 is 2.30 bits per heavy atom. The van der Waals surface area contributed by atoms with E-state index in [1.807, 2.05) is 37.3 Å².